The summed E-state index contributed by atoms with van der Waals surface area (Å²) in [6.07, 6.45) is 0. The summed E-state index contributed by atoms with van der Waals surface area (Å²) in [6.45, 7) is 1.17. The smallest absolute Gasteiger partial charge is 0.166 e. The Labute approximate surface area is 136 Å². The Balaban J connectivity index is 2.23. The molecule has 1 N–H and O–H groups in total. The fourth-order valence-electron chi connectivity index (χ4n) is 1.83. The number of methoxy groups -OCH3 is 1. The summed E-state index contributed by atoms with van der Waals surface area (Å²) >= 11 is 11.2. The van der Waals surface area contributed by atoms with E-state index in [1.54, 1.807) is 24.5 Å². The van der Waals surface area contributed by atoms with Crippen LogP contribution in [-0.4, -0.2) is 14.2 Å². The highest BCUT2D eigenvalue weighted by atomic mass is 79.9. The van der Waals surface area contributed by atoms with Crippen molar-refractivity contribution in [3.05, 3.63) is 43.5 Å². The van der Waals surface area contributed by atoms with E-state index in [0.29, 0.717) is 23.9 Å². The van der Waals surface area contributed by atoms with Crippen LogP contribution in [0.5, 0.6) is 11.5 Å². The minimum Gasteiger partial charge on any atom is -0.493 e. The molecule has 0 spiro atoms. The van der Waals surface area contributed by atoms with Gasteiger partial charge in [0.25, 0.3) is 0 Å². The van der Waals surface area contributed by atoms with E-state index in [-0.39, 0.29) is 0 Å². The van der Waals surface area contributed by atoms with Crippen LogP contribution >= 0.6 is 38.9 Å². The molecule has 0 radical (unpaired) electrons. The first-order chi connectivity index (χ1) is 9.63. The van der Waals surface area contributed by atoms with E-state index in [0.717, 1.165) is 20.0 Å². The van der Waals surface area contributed by atoms with E-state index in [9.17, 15) is 0 Å². The fourth-order valence-corrected chi connectivity index (χ4v) is 3.46. The molecule has 0 atom stereocenters. The van der Waals surface area contributed by atoms with Gasteiger partial charge in [-0.15, -0.1) is 11.3 Å². The number of benzene rings is 1. The molecule has 108 valence electrons. The first-order valence-corrected chi connectivity index (χ1v) is 8.00. The number of hydrogen-bond donors (Lipinski definition) is 1. The molecule has 6 heteroatoms. The second kappa shape index (κ2) is 7.31. The Kier molecular flexibility index (Phi) is 5.72. The van der Waals surface area contributed by atoms with Gasteiger partial charge in [-0.05, 0) is 41.2 Å². The maximum atomic E-state index is 6.09. The predicted molar refractivity (Wildman–Crippen MR) is 87.1 cm³/mol. The topological polar surface area (TPSA) is 30.5 Å². The van der Waals surface area contributed by atoms with Crippen LogP contribution in [0.4, 0.5) is 0 Å². The molecular formula is C14H15BrClNO2S. The monoisotopic (exact) mass is 375 g/mol. The maximum Gasteiger partial charge on any atom is 0.166 e. The van der Waals surface area contributed by atoms with E-state index < -0.39 is 0 Å². The highest BCUT2D eigenvalue weighted by Gasteiger charge is 2.13. The van der Waals surface area contributed by atoms with Gasteiger partial charge in [-0.2, -0.15) is 0 Å². The Bertz CT molecular complexity index is 589. The lowest BCUT2D eigenvalue weighted by Crippen LogP contribution is -2.08. The number of thiophene rings is 1. The van der Waals surface area contributed by atoms with Gasteiger partial charge in [0.15, 0.2) is 11.5 Å². The Morgan fingerprint density at radius 2 is 2.15 bits per heavy atom. The van der Waals surface area contributed by atoms with E-state index in [2.05, 4.69) is 21.2 Å². The zero-order valence-corrected chi connectivity index (χ0v) is 14.4. The maximum absolute atomic E-state index is 6.09. The fraction of sp³-hybridized carbons (Fsp3) is 0.286. The number of rotatable bonds is 6. The first kappa shape index (κ1) is 15.6. The van der Waals surface area contributed by atoms with Gasteiger partial charge < -0.3 is 14.8 Å². The van der Waals surface area contributed by atoms with Crippen molar-refractivity contribution in [3.8, 4) is 11.5 Å². The lowest BCUT2D eigenvalue weighted by atomic mass is 10.2. The number of halogens is 2. The summed E-state index contributed by atoms with van der Waals surface area (Å²) in [4.78, 5) is 1.14. The van der Waals surface area contributed by atoms with Crippen LogP contribution < -0.4 is 14.8 Å². The molecule has 0 saturated heterocycles. The van der Waals surface area contributed by atoms with Crippen LogP contribution in [-0.2, 0) is 13.2 Å². The SMILES string of the molecule is CNCc1cc(Cl)cc(OC)c1OCc1ccc(Br)s1. The number of ether oxygens (including phenoxy) is 2. The third kappa shape index (κ3) is 3.88. The summed E-state index contributed by atoms with van der Waals surface area (Å²) in [6, 6.07) is 7.70. The Morgan fingerprint density at radius 3 is 2.75 bits per heavy atom. The van der Waals surface area contributed by atoms with Crippen molar-refractivity contribution in [2.24, 2.45) is 0 Å². The summed E-state index contributed by atoms with van der Waals surface area (Å²) in [5, 5.41) is 3.74. The van der Waals surface area contributed by atoms with Gasteiger partial charge in [0.1, 0.15) is 6.61 Å². The van der Waals surface area contributed by atoms with Crippen LogP contribution in [0.25, 0.3) is 0 Å². The summed E-state index contributed by atoms with van der Waals surface area (Å²) < 4.78 is 12.4. The van der Waals surface area contributed by atoms with Crippen molar-refractivity contribution >= 4 is 38.9 Å². The van der Waals surface area contributed by atoms with Crippen molar-refractivity contribution < 1.29 is 9.47 Å². The molecule has 0 aliphatic rings. The molecule has 1 heterocycles. The predicted octanol–water partition coefficient (Wildman–Crippen LogP) is 4.47. The van der Waals surface area contributed by atoms with Gasteiger partial charge in [-0.25, -0.2) is 0 Å². The molecule has 0 unspecified atom stereocenters. The normalized spacial score (nSPS) is 10.6. The van der Waals surface area contributed by atoms with E-state index in [1.165, 1.54) is 0 Å². The van der Waals surface area contributed by atoms with Crippen LogP contribution in [0.15, 0.2) is 28.1 Å². The summed E-state index contributed by atoms with van der Waals surface area (Å²) in [7, 11) is 3.50. The number of nitrogens with one attached hydrogen (secondary N) is 1. The highest BCUT2D eigenvalue weighted by Crippen LogP contribution is 2.35. The molecule has 0 bridgehead atoms. The molecule has 2 aromatic rings. The highest BCUT2D eigenvalue weighted by molar-refractivity contribution is 9.11. The molecule has 0 amide bonds. The van der Waals surface area contributed by atoms with Crippen molar-refractivity contribution in [3.63, 3.8) is 0 Å². The average molecular weight is 377 g/mol. The van der Waals surface area contributed by atoms with Crippen LogP contribution in [0, 0.1) is 0 Å². The van der Waals surface area contributed by atoms with Crippen LogP contribution in [0.1, 0.15) is 10.4 Å². The third-order valence-corrected chi connectivity index (χ3v) is 4.49. The molecule has 20 heavy (non-hydrogen) atoms. The minimum absolute atomic E-state index is 0.505. The molecule has 0 aliphatic heterocycles. The molecule has 1 aromatic carbocycles. The van der Waals surface area contributed by atoms with Crippen molar-refractivity contribution in [1.82, 2.24) is 5.32 Å². The van der Waals surface area contributed by atoms with E-state index in [4.69, 9.17) is 21.1 Å². The molecule has 0 saturated carbocycles. The third-order valence-electron chi connectivity index (χ3n) is 2.67. The molecule has 2 rings (SSSR count). The molecule has 0 fully saturated rings. The van der Waals surface area contributed by atoms with Gasteiger partial charge in [0.05, 0.1) is 10.9 Å². The molecule has 0 aliphatic carbocycles. The molecule has 3 nitrogen and oxygen atoms in total. The van der Waals surface area contributed by atoms with Crippen molar-refractivity contribution in [2.75, 3.05) is 14.2 Å². The largest absolute Gasteiger partial charge is 0.493 e. The second-order valence-corrected chi connectivity index (χ2v) is 7.11. The molecule has 1 aromatic heterocycles. The first-order valence-electron chi connectivity index (χ1n) is 6.02. The average Bonchev–Trinajstić information content (AvgIpc) is 2.83. The summed E-state index contributed by atoms with van der Waals surface area (Å²) in [5.41, 5.74) is 0.979. The summed E-state index contributed by atoms with van der Waals surface area (Å²) in [5.74, 6) is 1.38. The van der Waals surface area contributed by atoms with Gasteiger partial charge in [0, 0.05) is 28.1 Å². The quantitative estimate of drug-likeness (QED) is 0.807. The van der Waals surface area contributed by atoms with Gasteiger partial charge in [-0.1, -0.05) is 11.6 Å². The van der Waals surface area contributed by atoms with E-state index >= 15 is 0 Å². The van der Waals surface area contributed by atoms with Gasteiger partial charge in [-0.3, -0.25) is 0 Å². The standard InChI is InChI=1S/C14H15BrClNO2S/c1-17-7-9-5-10(16)6-12(18-2)14(9)19-8-11-3-4-13(15)20-11/h3-6,17H,7-8H2,1-2H3. The minimum atomic E-state index is 0.505. The lowest BCUT2D eigenvalue weighted by molar-refractivity contribution is 0.283. The Morgan fingerprint density at radius 1 is 1.35 bits per heavy atom. The van der Waals surface area contributed by atoms with Gasteiger partial charge in [0.2, 0.25) is 0 Å². The van der Waals surface area contributed by atoms with Crippen molar-refractivity contribution in [1.29, 1.82) is 0 Å². The van der Waals surface area contributed by atoms with Crippen LogP contribution in [0.3, 0.4) is 0 Å². The zero-order valence-electron chi connectivity index (χ0n) is 11.2. The second-order valence-electron chi connectivity index (χ2n) is 4.12. The lowest BCUT2D eigenvalue weighted by Gasteiger charge is -2.15. The Hall–Kier alpha value is -0.750. The van der Waals surface area contributed by atoms with Gasteiger partial charge >= 0.3 is 0 Å². The van der Waals surface area contributed by atoms with E-state index in [1.807, 2.05) is 25.2 Å². The van der Waals surface area contributed by atoms with Crippen LogP contribution in [0.2, 0.25) is 5.02 Å². The molecular weight excluding hydrogens is 362 g/mol. The number of hydrogen-bond acceptors (Lipinski definition) is 4. The van der Waals surface area contributed by atoms with Crippen molar-refractivity contribution in [2.45, 2.75) is 13.2 Å². The zero-order chi connectivity index (χ0) is 14.5.